The molecule has 0 aromatic heterocycles. The summed E-state index contributed by atoms with van der Waals surface area (Å²) >= 11 is 3.55. The van der Waals surface area contributed by atoms with Crippen molar-refractivity contribution in [1.82, 2.24) is 0 Å². The zero-order valence-corrected chi connectivity index (χ0v) is 13.9. The minimum absolute atomic E-state index is 0.506. The first-order valence-electron chi connectivity index (χ1n) is 7.24. The number of aliphatic hydroxyl groups is 1. The maximum atomic E-state index is 10.6. The number of aryl methyl sites for hydroxylation is 2. The van der Waals surface area contributed by atoms with Crippen LogP contribution in [0, 0.1) is 13.8 Å². The van der Waals surface area contributed by atoms with Gasteiger partial charge in [-0.1, -0.05) is 39.7 Å². The molecule has 0 radical (unpaired) electrons. The fraction of sp³-hybridized carbons (Fsp3) is 0.333. The van der Waals surface area contributed by atoms with Gasteiger partial charge in [-0.25, -0.2) is 0 Å². The van der Waals surface area contributed by atoms with Crippen LogP contribution in [0.2, 0.25) is 0 Å². The molecule has 1 atom stereocenters. The van der Waals surface area contributed by atoms with Crippen LogP contribution < -0.4 is 4.74 Å². The number of ether oxygens (including phenoxy) is 1. The molecule has 3 rings (SSSR count). The Morgan fingerprint density at radius 2 is 2.05 bits per heavy atom. The molecular formula is C18H19BrO2. The molecule has 110 valence electrons. The summed E-state index contributed by atoms with van der Waals surface area (Å²) in [5.74, 6) is 0.960. The molecule has 0 saturated heterocycles. The number of hydrogen-bond acceptors (Lipinski definition) is 2. The maximum Gasteiger partial charge on any atom is 0.125 e. The average Bonchev–Trinajstić information content (AvgIpc) is 2.86. The van der Waals surface area contributed by atoms with Crippen LogP contribution in [-0.2, 0) is 12.8 Å². The van der Waals surface area contributed by atoms with Crippen LogP contribution in [0.5, 0.6) is 5.75 Å². The topological polar surface area (TPSA) is 29.5 Å². The Hall–Kier alpha value is -1.32. The van der Waals surface area contributed by atoms with E-state index in [1.807, 2.05) is 19.1 Å². The summed E-state index contributed by atoms with van der Waals surface area (Å²) in [5, 5.41) is 10.6. The van der Waals surface area contributed by atoms with Crippen LogP contribution in [0.4, 0.5) is 0 Å². The average molecular weight is 347 g/mol. The van der Waals surface area contributed by atoms with Crippen molar-refractivity contribution >= 4 is 15.9 Å². The van der Waals surface area contributed by atoms with E-state index in [1.54, 1.807) is 0 Å². The van der Waals surface area contributed by atoms with Gasteiger partial charge in [-0.2, -0.15) is 0 Å². The first-order chi connectivity index (χ1) is 10.0. The summed E-state index contributed by atoms with van der Waals surface area (Å²) in [5.41, 5.74) is 5.65. The fourth-order valence-electron chi connectivity index (χ4n) is 3.02. The van der Waals surface area contributed by atoms with Crippen molar-refractivity contribution in [3.8, 4) is 5.75 Å². The summed E-state index contributed by atoms with van der Waals surface area (Å²) < 4.78 is 6.79. The van der Waals surface area contributed by atoms with Gasteiger partial charge < -0.3 is 9.84 Å². The van der Waals surface area contributed by atoms with E-state index in [1.165, 1.54) is 11.1 Å². The number of aliphatic hydroxyl groups excluding tert-OH is 1. The molecule has 0 bridgehead atoms. The van der Waals surface area contributed by atoms with Gasteiger partial charge in [-0.15, -0.1) is 0 Å². The highest BCUT2D eigenvalue weighted by molar-refractivity contribution is 9.10. The van der Waals surface area contributed by atoms with Gasteiger partial charge >= 0.3 is 0 Å². The van der Waals surface area contributed by atoms with E-state index < -0.39 is 6.10 Å². The molecule has 3 heteroatoms. The standard InChI is InChI=1S/C18H19BrO2/c1-11-3-4-16(12(2)7-11)17(20)10-14-9-15(19)8-13-5-6-21-18(13)14/h3-4,7-9,17,20H,5-6,10H2,1-2H3. The van der Waals surface area contributed by atoms with Crippen LogP contribution in [0.1, 0.15) is 33.9 Å². The molecule has 1 aliphatic heterocycles. The highest BCUT2D eigenvalue weighted by atomic mass is 79.9. The second-order valence-corrected chi connectivity index (χ2v) is 6.65. The van der Waals surface area contributed by atoms with E-state index in [4.69, 9.17) is 4.74 Å². The van der Waals surface area contributed by atoms with E-state index in [-0.39, 0.29) is 0 Å². The first kappa shape index (κ1) is 14.6. The highest BCUT2D eigenvalue weighted by Crippen LogP contribution is 2.35. The van der Waals surface area contributed by atoms with Crippen LogP contribution >= 0.6 is 15.9 Å². The van der Waals surface area contributed by atoms with Crippen LogP contribution in [0.25, 0.3) is 0 Å². The molecule has 1 aliphatic rings. The number of rotatable bonds is 3. The third-order valence-corrected chi connectivity index (χ3v) is 4.48. The predicted octanol–water partition coefficient (Wildman–Crippen LogP) is 4.28. The zero-order chi connectivity index (χ0) is 15.0. The number of fused-ring (bicyclic) bond motifs is 1. The summed E-state index contributed by atoms with van der Waals surface area (Å²) in [6, 6.07) is 10.3. The largest absolute Gasteiger partial charge is 0.493 e. The Bertz CT molecular complexity index is 679. The Kier molecular flexibility index (Phi) is 4.05. The summed E-state index contributed by atoms with van der Waals surface area (Å²) in [7, 11) is 0. The van der Waals surface area contributed by atoms with Gasteiger partial charge in [-0.05, 0) is 48.2 Å². The van der Waals surface area contributed by atoms with Gasteiger partial charge in [0.25, 0.3) is 0 Å². The Balaban J connectivity index is 1.90. The summed E-state index contributed by atoms with van der Waals surface area (Å²) in [6.07, 6.45) is 1.01. The minimum Gasteiger partial charge on any atom is -0.493 e. The smallest absolute Gasteiger partial charge is 0.125 e. The molecular weight excluding hydrogens is 328 g/mol. The number of benzene rings is 2. The van der Waals surface area contributed by atoms with Crippen molar-refractivity contribution in [1.29, 1.82) is 0 Å². The van der Waals surface area contributed by atoms with E-state index >= 15 is 0 Å². The summed E-state index contributed by atoms with van der Waals surface area (Å²) in [4.78, 5) is 0. The minimum atomic E-state index is -0.506. The van der Waals surface area contributed by atoms with E-state index in [0.29, 0.717) is 6.42 Å². The molecule has 2 aromatic rings. The van der Waals surface area contributed by atoms with Gasteiger partial charge in [-0.3, -0.25) is 0 Å². The van der Waals surface area contributed by atoms with Crippen LogP contribution in [0.3, 0.4) is 0 Å². The second-order valence-electron chi connectivity index (χ2n) is 5.73. The van der Waals surface area contributed by atoms with Gasteiger partial charge in [0, 0.05) is 17.3 Å². The molecule has 1 heterocycles. The van der Waals surface area contributed by atoms with Crippen molar-refractivity contribution in [2.75, 3.05) is 6.61 Å². The van der Waals surface area contributed by atoms with E-state index in [0.717, 1.165) is 39.9 Å². The molecule has 1 N–H and O–H groups in total. The molecule has 2 aromatic carbocycles. The fourth-order valence-corrected chi connectivity index (χ4v) is 3.57. The lowest BCUT2D eigenvalue weighted by molar-refractivity contribution is 0.176. The normalized spacial score (nSPS) is 14.7. The number of hydrogen-bond donors (Lipinski definition) is 1. The monoisotopic (exact) mass is 346 g/mol. The van der Waals surface area contributed by atoms with E-state index in [9.17, 15) is 5.11 Å². The Labute approximate surface area is 133 Å². The second kappa shape index (κ2) is 5.82. The SMILES string of the molecule is Cc1ccc(C(O)Cc2cc(Br)cc3c2OCC3)c(C)c1. The van der Waals surface area contributed by atoms with Gasteiger partial charge in [0.15, 0.2) is 0 Å². The lowest BCUT2D eigenvalue weighted by atomic mass is 9.95. The Morgan fingerprint density at radius 3 is 2.81 bits per heavy atom. The quantitative estimate of drug-likeness (QED) is 0.898. The van der Waals surface area contributed by atoms with Crippen molar-refractivity contribution < 1.29 is 9.84 Å². The molecule has 2 nitrogen and oxygen atoms in total. The van der Waals surface area contributed by atoms with Crippen molar-refractivity contribution in [3.63, 3.8) is 0 Å². The molecule has 0 spiro atoms. The van der Waals surface area contributed by atoms with Crippen molar-refractivity contribution in [2.45, 2.75) is 32.8 Å². The molecule has 0 saturated carbocycles. The molecule has 0 aliphatic carbocycles. The highest BCUT2D eigenvalue weighted by Gasteiger charge is 2.20. The van der Waals surface area contributed by atoms with Gasteiger partial charge in [0.2, 0.25) is 0 Å². The third kappa shape index (κ3) is 2.99. The first-order valence-corrected chi connectivity index (χ1v) is 8.03. The van der Waals surface area contributed by atoms with Gasteiger partial charge in [0.1, 0.15) is 5.75 Å². The van der Waals surface area contributed by atoms with Crippen molar-refractivity contribution in [3.05, 3.63) is 62.6 Å². The van der Waals surface area contributed by atoms with Gasteiger partial charge in [0.05, 0.1) is 12.7 Å². The molecule has 0 fully saturated rings. The summed E-state index contributed by atoms with van der Waals surface area (Å²) in [6.45, 7) is 4.85. The zero-order valence-electron chi connectivity index (χ0n) is 12.3. The lowest BCUT2D eigenvalue weighted by Crippen LogP contribution is -2.05. The molecule has 1 unspecified atom stereocenters. The van der Waals surface area contributed by atoms with E-state index in [2.05, 4.69) is 41.1 Å². The lowest BCUT2D eigenvalue weighted by Gasteiger charge is -2.16. The predicted molar refractivity (Wildman–Crippen MR) is 87.9 cm³/mol. The van der Waals surface area contributed by atoms with Crippen LogP contribution in [-0.4, -0.2) is 11.7 Å². The van der Waals surface area contributed by atoms with Crippen LogP contribution in [0.15, 0.2) is 34.8 Å². The third-order valence-electron chi connectivity index (χ3n) is 4.02. The maximum absolute atomic E-state index is 10.6. The van der Waals surface area contributed by atoms with Crippen molar-refractivity contribution in [2.24, 2.45) is 0 Å². The molecule has 0 amide bonds. The number of halogens is 1. The Morgan fingerprint density at radius 1 is 1.24 bits per heavy atom. The molecule has 21 heavy (non-hydrogen) atoms.